The standard InChI is InChI=1S/C16H13F2NO4S/c17-16(18)24-13-6-4-11(5-7-13)19-14(21)9-23-15(22)10-2-1-3-12(20)8-10/h1-8,16,20H,9H2,(H,19,21). The number of halogens is 2. The molecule has 0 unspecified atom stereocenters. The Kier molecular flexibility index (Phi) is 6.14. The molecule has 0 saturated carbocycles. The van der Waals surface area contributed by atoms with Crippen LogP contribution < -0.4 is 5.32 Å². The molecule has 1 amide bonds. The van der Waals surface area contributed by atoms with Crippen molar-refractivity contribution in [2.45, 2.75) is 10.7 Å². The number of thioether (sulfide) groups is 1. The highest BCUT2D eigenvalue weighted by Crippen LogP contribution is 2.26. The van der Waals surface area contributed by atoms with Crippen molar-refractivity contribution in [1.82, 2.24) is 0 Å². The minimum atomic E-state index is -2.51. The molecule has 0 heterocycles. The van der Waals surface area contributed by atoms with E-state index in [2.05, 4.69) is 5.32 Å². The van der Waals surface area contributed by atoms with E-state index in [1.165, 1.54) is 48.5 Å². The SMILES string of the molecule is O=C(COC(=O)c1cccc(O)c1)Nc1ccc(SC(F)F)cc1. The summed E-state index contributed by atoms with van der Waals surface area (Å²) in [7, 11) is 0. The second-order valence-electron chi connectivity index (χ2n) is 4.58. The molecule has 0 radical (unpaired) electrons. The van der Waals surface area contributed by atoms with Crippen molar-refractivity contribution in [3.63, 3.8) is 0 Å². The Morgan fingerprint density at radius 2 is 1.88 bits per heavy atom. The average molecular weight is 353 g/mol. The molecule has 0 saturated heterocycles. The number of carbonyl (C=O) groups excluding carboxylic acids is 2. The average Bonchev–Trinajstić information content (AvgIpc) is 2.54. The van der Waals surface area contributed by atoms with Gasteiger partial charge in [0.15, 0.2) is 6.61 Å². The van der Waals surface area contributed by atoms with Gasteiger partial charge in [-0.15, -0.1) is 0 Å². The number of amides is 1. The molecule has 0 fully saturated rings. The predicted octanol–water partition coefficient (Wildman–Crippen LogP) is 3.50. The number of phenolic OH excluding ortho intramolecular Hbond substituents is 1. The molecule has 0 aliphatic heterocycles. The molecule has 2 aromatic rings. The number of alkyl halides is 2. The number of aromatic hydroxyl groups is 1. The summed E-state index contributed by atoms with van der Waals surface area (Å²) in [6.45, 7) is -0.512. The van der Waals surface area contributed by atoms with Gasteiger partial charge in [0.05, 0.1) is 5.56 Å². The fourth-order valence-corrected chi connectivity index (χ4v) is 2.26. The Morgan fingerprint density at radius 3 is 2.50 bits per heavy atom. The van der Waals surface area contributed by atoms with E-state index >= 15 is 0 Å². The van der Waals surface area contributed by atoms with Gasteiger partial charge < -0.3 is 15.2 Å². The van der Waals surface area contributed by atoms with E-state index in [1.54, 1.807) is 0 Å². The molecule has 2 aromatic carbocycles. The number of esters is 1. The zero-order valence-corrected chi connectivity index (χ0v) is 13.1. The van der Waals surface area contributed by atoms with Crippen LogP contribution in [0.15, 0.2) is 53.4 Å². The van der Waals surface area contributed by atoms with Gasteiger partial charge in [-0.1, -0.05) is 17.8 Å². The van der Waals surface area contributed by atoms with Gasteiger partial charge in [-0.3, -0.25) is 4.79 Å². The van der Waals surface area contributed by atoms with Gasteiger partial charge in [-0.05, 0) is 42.5 Å². The topological polar surface area (TPSA) is 75.6 Å². The van der Waals surface area contributed by atoms with Crippen LogP contribution in [0.25, 0.3) is 0 Å². The highest BCUT2D eigenvalue weighted by molar-refractivity contribution is 7.99. The first-order valence-electron chi connectivity index (χ1n) is 6.75. The molecular formula is C16H13F2NO4S. The molecule has 24 heavy (non-hydrogen) atoms. The quantitative estimate of drug-likeness (QED) is 0.614. The molecule has 2 N–H and O–H groups in total. The van der Waals surface area contributed by atoms with Crippen molar-refractivity contribution in [2.75, 3.05) is 11.9 Å². The third-order valence-corrected chi connectivity index (χ3v) is 3.50. The van der Waals surface area contributed by atoms with E-state index in [-0.39, 0.29) is 11.3 Å². The summed E-state index contributed by atoms with van der Waals surface area (Å²) in [5.74, 6) is -3.92. The van der Waals surface area contributed by atoms with E-state index in [9.17, 15) is 23.5 Å². The predicted molar refractivity (Wildman–Crippen MR) is 85.3 cm³/mol. The van der Waals surface area contributed by atoms with Crippen molar-refractivity contribution in [1.29, 1.82) is 0 Å². The second kappa shape index (κ2) is 8.30. The number of carbonyl (C=O) groups is 2. The summed E-state index contributed by atoms with van der Waals surface area (Å²) in [5.41, 5.74) is 0.517. The van der Waals surface area contributed by atoms with E-state index in [4.69, 9.17) is 4.74 Å². The van der Waals surface area contributed by atoms with Gasteiger partial charge in [0, 0.05) is 10.6 Å². The number of ether oxygens (including phenoxy) is 1. The molecule has 2 rings (SSSR count). The van der Waals surface area contributed by atoms with Crippen LogP contribution in [0.1, 0.15) is 10.4 Å². The molecule has 0 atom stereocenters. The Hall–Kier alpha value is -2.61. The van der Waals surface area contributed by atoms with Crippen LogP contribution in [-0.4, -0.2) is 29.3 Å². The highest BCUT2D eigenvalue weighted by Gasteiger charge is 2.11. The maximum atomic E-state index is 12.2. The van der Waals surface area contributed by atoms with Crippen molar-refractivity contribution in [3.8, 4) is 5.75 Å². The van der Waals surface area contributed by atoms with Gasteiger partial charge in [-0.25, -0.2) is 4.79 Å². The number of hydrogen-bond donors (Lipinski definition) is 2. The highest BCUT2D eigenvalue weighted by atomic mass is 32.2. The molecule has 0 aliphatic rings. The fraction of sp³-hybridized carbons (Fsp3) is 0.125. The summed E-state index contributed by atoms with van der Waals surface area (Å²) in [6.07, 6.45) is 0. The fourth-order valence-electron chi connectivity index (χ4n) is 1.76. The lowest BCUT2D eigenvalue weighted by Gasteiger charge is -2.07. The molecule has 126 valence electrons. The second-order valence-corrected chi connectivity index (χ2v) is 5.64. The third-order valence-electron chi connectivity index (χ3n) is 2.78. The summed E-state index contributed by atoms with van der Waals surface area (Å²) in [4.78, 5) is 23.8. The third kappa shape index (κ3) is 5.54. The molecule has 0 aliphatic carbocycles. The minimum Gasteiger partial charge on any atom is -0.508 e. The van der Waals surface area contributed by atoms with E-state index in [0.717, 1.165) is 0 Å². The molecule has 0 spiro atoms. The first-order valence-corrected chi connectivity index (χ1v) is 7.63. The van der Waals surface area contributed by atoms with Crippen molar-refractivity contribution < 1.29 is 28.2 Å². The van der Waals surface area contributed by atoms with Crippen LogP contribution in [0.2, 0.25) is 0 Å². The summed E-state index contributed by atoms with van der Waals surface area (Å²) >= 11 is 0.403. The molecule has 8 heteroatoms. The van der Waals surface area contributed by atoms with Crippen LogP contribution in [0.4, 0.5) is 14.5 Å². The summed E-state index contributed by atoms with van der Waals surface area (Å²) in [5, 5.41) is 11.8. The van der Waals surface area contributed by atoms with Gasteiger partial charge >= 0.3 is 5.97 Å². The van der Waals surface area contributed by atoms with Gasteiger partial charge in [0.2, 0.25) is 0 Å². The van der Waals surface area contributed by atoms with Gasteiger partial charge in [0.1, 0.15) is 5.75 Å². The number of rotatable bonds is 6. The van der Waals surface area contributed by atoms with Gasteiger partial charge in [0.25, 0.3) is 11.7 Å². The van der Waals surface area contributed by atoms with Crippen molar-refractivity contribution in [2.24, 2.45) is 0 Å². The molecule has 5 nitrogen and oxygen atoms in total. The number of phenols is 1. The van der Waals surface area contributed by atoms with Crippen LogP contribution >= 0.6 is 11.8 Å². The van der Waals surface area contributed by atoms with Crippen LogP contribution in [0.3, 0.4) is 0 Å². The first kappa shape index (κ1) is 17.7. The van der Waals surface area contributed by atoms with E-state index in [0.29, 0.717) is 22.3 Å². The lowest BCUT2D eigenvalue weighted by molar-refractivity contribution is -0.119. The van der Waals surface area contributed by atoms with Crippen molar-refractivity contribution >= 4 is 29.3 Å². The summed E-state index contributed by atoms with van der Waals surface area (Å²) in [6, 6.07) is 11.4. The smallest absolute Gasteiger partial charge is 0.338 e. The largest absolute Gasteiger partial charge is 0.508 e. The Labute approximate surface area is 140 Å². The van der Waals surface area contributed by atoms with E-state index < -0.39 is 24.2 Å². The normalized spacial score (nSPS) is 10.5. The van der Waals surface area contributed by atoms with Gasteiger partial charge in [-0.2, -0.15) is 8.78 Å². The molecular weight excluding hydrogens is 340 g/mol. The number of nitrogens with one attached hydrogen (secondary N) is 1. The minimum absolute atomic E-state index is 0.0874. The zero-order valence-electron chi connectivity index (χ0n) is 12.2. The monoisotopic (exact) mass is 353 g/mol. The summed E-state index contributed by atoms with van der Waals surface area (Å²) < 4.78 is 29.2. The number of hydrogen-bond acceptors (Lipinski definition) is 5. The lowest BCUT2D eigenvalue weighted by atomic mass is 10.2. The Bertz CT molecular complexity index is 722. The van der Waals surface area contributed by atoms with Crippen LogP contribution in [0.5, 0.6) is 5.75 Å². The Balaban J connectivity index is 1.83. The Morgan fingerprint density at radius 1 is 1.17 bits per heavy atom. The van der Waals surface area contributed by atoms with Crippen LogP contribution in [0, 0.1) is 0 Å². The van der Waals surface area contributed by atoms with Crippen LogP contribution in [-0.2, 0) is 9.53 Å². The maximum Gasteiger partial charge on any atom is 0.338 e. The molecule has 0 bridgehead atoms. The lowest BCUT2D eigenvalue weighted by Crippen LogP contribution is -2.20. The first-order chi connectivity index (χ1) is 11.4. The number of anilines is 1. The molecule has 0 aromatic heterocycles. The maximum absolute atomic E-state index is 12.2. The van der Waals surface area contributed by atoms with E-state index in [1.807, 2.05) is 0 Å². The van der Waals surface area contributed by atoms with Crippen molar-refractivity contribution in [3.05, 3.63) is 54.1 Å². The zero-order chi connectivity index (χ0) is 17.5. The number of benzene rings is 2.